The molecule has 8 nitrogen and oxygen atoms in total. The zero-order valence-corrected chi connectivity index (χ0v) is 21.4. The molecule has 0 atom stereocenters. The number of anilines is 3. The van der Waals surface area contributed by atoms with Gasteiger partial charge in [0.15, 0.2) is 0 Å². The van der Waals surface area contributed by atoms with Crippen molar-refractivity contribution in [3.63, 3.8) is 0 Å². The lowest BCUT2D eigenvalue weighted by atomic mass is 10.2. The molecular formula is C23H25Cl2N5O3S. The summed E-state index contributed by atoms with van der Waals surface area (Å²) in [4.78, 5) is 11.3. The molecular weight excluding hydrogens is 497 g/mol. The lowest BCUT2D eigenvalue weighted by Gasteiger charge is -2.34. The lowest BCUT2D eigenvalue weighted by molar-refractivity contribution is 0.382. The highest BCUT2D eigenvalue weighted by Crippen LogP contribution is 2.31. The summed E-state index contributed by atoms with van der Waals surface area (Å²) in [6.45, 7) is 5.14. The van der Waals surface area contributed by atoms with Crippen molar-refractivity contribution >= 4 is 50.7 Å². The predicted molar refractivity (Wildman–Crippen MR) is 135 cm³/mol. The van der Waals surface area contributed by atoms with Gasteiger partial charge in [0.05, 0.1) is 12.1 Å². The Bertz CT molecular complexity index is 1290. The fourth-order valence-corrected chi connectivity index (χ4v) is 5.91. The number of rotatable bonds is 6. The molecule has 1 saturated heterocycles. The Kier molecular flexibility index (Phi) is 7.18. The first-order valence-corrected chi connectivity index (χ1v) is 12.8. The number of nitrogens with one attached hydrogen (secondary N) is 1. The fraction of sp³-hybridized carbons (Fsp3) is 0.304. The number of aromatic nitrogens is 2. The molecule has 0 radical (unpaired) electrons. The van der Waals surface area contributed by atoms with Gasteiger partial charge >= 0.3 is 0 Å². The second kappa shape index (κ2) is 9.95. The molecule has 0 aliphatic carbocycles. The molecule has 1 N–H and O–H groups in total. The summed E-state index contributed by atoms with van der Waals surface area (Å²) < 4.78 is 33.0. The molecule has 11 heteroatoms. The van der Waals surface area contributed by atoms with Crippen LogP contribution in [-0.4, -0.2) is 56.0 Å². The number of hydrogen-bond donors (Lipinski definition) is 1. The van der Waals surface area contributed by atoms with E-state index in [1.807, 2.05) is 42.2 Å². The van der Waals surface area contributed by atoms with Gasteiger partial charge < -0.3 is 15.0 Å². The highest BCUT2D eigenvalue weighted by molar-refractivity contribution is 7.89. The van der Waals surface area contributed by atoms with Crippen LogP contribution in [0, 0.1) is 13.8 Å². The van der Waals surface area contributed by atoms with Crippen molar-refractivity contribution in [1.82, 2.24) is 14.3 Å². The molecule has 1 fully saturated rings. The molecule has 0 spiro atoms. The van der Waals surface area contributed by atoms with Crippen LogP contribution in [0.1, 0.15) is 11.3 Å². The van der Waals surface area contributed by atoms with Gasteiger partial charge in [-0.05, 0) is 55.8 Å². The molecule has 34 heavy (non-hydrogen) atoms. The molecule has 2 heterocycles. The van der Waals surface area contributed by atoms with E-state index in [2.05, 4.69) is 15.3 Å². The molecule has 0 unspecified atom stereocenters. The van der Waals surface area contributed by atoms with Gasteiger partial charge in [0, 0.05) is 48.6 Å². The van der Waals surface area contributed by atoms with E-state index in [0.717, 1.165) is 17.1 Å². The van der Waals surface area contributed by atoms with E-state index >= 15 is 0 Å². The van der Waals surface area contributed by atoms with Crippen molar-refractivity contribution in [1.29, 1.82) is 0 Å². The van der Waals surface area contributed by atoms with Crippen LogP contribution in [-0.2, 0) is 10.0 Å². The van der Waals surface area contributed by atoms with Crippen LogP contribution in [0.5, 0.6) is 5.75 Å². The summed E-state index contributed by atoms with van der Waals surface area (Å²) in [5, 5.41) is 3.84. The molecule has 1 aliphatic rings. The van der Waals surface area contributed by atoms with Crippen LogP contribution < -0.4 is 15.0 Å². The maximum Gasteiger partial charge on any atom is 0.244 e. The first-order chi connectivity index (χ1) is 16.2. The quantitative estimate of drug-likeness (QED) is 0.504. The molecule has 180 valence electrons. The monoisotopic (exact) mass is 521 g/mol. The van der Waals surface area contributed by atoms with Crippen molar-refractivity contribution in [2.75, 3.05) is 43.5 Å². The van der Waals surface area contributed by atoms with Gasteiger partial charge in [-0.15, -0.1) is 0 Å². The van der Waals surface area contributed by atoms with Crippen LogP contribution >= 0.6 is 23.2 Å². The maximum atomic E-state index is 13.2. The molecule has 0 bridgehead atoms. The van der Waals surface area contributed by atoms with E-state index in [1.54, 1.807) is 14.0 Å². The van der Waals surface area contributed by atoms with E-state index in [9.17, 15) is 8.42 Å². The minimum atomic E-state index is -3.75. The van der Waals surface area contributed by atoms with Crippen molar-refractivity contribution in [3.05, 3.63) is 63.8 Å². The predicted octanol–water partition coefficient (Wildman–Crippen LogP) is 4.66. The second-order valence-electron chi connectivity index (χ2n) is 7.97. The standard InChI is InChI=1S/C23H25Cl2N5O3S/c1-15-12-21(20(25)14-19(15)24)34(31,32)30-10-8-29(9-11-30)23-26-16(2)13-22(28-23)27-17-4-6-18(33-3)7-5-17/h4-7,12-14H,8-11H2,1-3H3,(H,26,27,28). The van der Waals surface area contributed by atoms with E-state index in [0.29, 0.717) is 48.5 Å². The summed E-state index contributed by atoms with van der Waals surface area (Å²) in [6.07, 6.45) is 0. The first kappa shape index (κ1) is 24.5. The van der Waals surface area contributed by atoms with E-state index in [-0.39, 0.29) is 9.92 Å². The minimum Gasteiger partial charge on any atom is -0.497 e. The number of aryl methyl sites for hydroxylation is 2. The van der Waals surface area contributed by atoms with Crippen molar-refractivity contribution in [2.45, 2.75) is 18.7 Å². The second-order valence-corrected chi connectivity index (χ2v) is 10.7. The smallest absolute Gasteiger partial charge is 0.244 e. The molecule has 0 amide bonds. The van der Waals surface area contributed by atoms with Gasteiger partial charge in [-0.3, -0.25) is 0 Å². The van der Waals surface area contributed by atoms with E-state index in [1.165, 1.54) is 16.4 Å². The number of halogens is 2. The first-order valence-electron chi connectivity index (χ1n) is 10.6. The number of hydrogen-bond acceptors (Lipinski definition) is 7. The van der Waals surface area contributed by atoms with E-state index < -0.39 is 10.0 Å². The van der Waals surface area contributed by atoms with Gasteiger partial charge in [-0.1, -0.05) is 23.2 Å². The maximum absolute atomic E-state index is 13.2. The average Bonchev–Trinajstić information content (AvgIpc) is 2.81. The van der Waals surface area contributed by atoms with Gasteiger partial charge in [0.2, 0.25) is 16.0 Å². The lowest BCUT2D eigenvalue weighted by Crippen LogP contribution is -2.49. The molecule has 2 aromatic carbocycles. The summed E-state index contributed by atoms with van der Waals surface area (Å²) in [5.41, 5.74) is 2.34. The van der Waals surface area contributed by atoms with Gasteiger partial charge in [0.25, 0.3) is 0 Å². The highest BCUT2D eigenvalue weighted by atomic mass is 35.5. The largest absolute Gasteiger partial charge is 0.497 e. The number of benzene rings is 2. The van der Waals surface area contributed by atoms with Crippen LogP contribution in [0.2, 0.25) is 10.0 Å². The Morgan fingerprint density at radius 3 is 2.26 bits per heavy atom. The SMILES string of the molecule is COc1ccc(Nc2cc(C)nc(N3CCN(S(=O)(=O)c4cc(C)c(Cl)cc4Cl)CC3)n2)cc1. The fourth-order valence-electron chi connectivity index (χ4n) is 3.68. The van der Waals surface area contributed by atoms with Crippen LogP contribution in [0.25, 0.3) is 0 Å². The number of ether oxygens (including phenoxy) is 1. The molecule has 1 aromatic heterocycles. The Labute approximate surface area is 209 Å². The van der Waals surface area contributed by atoms with Crippen molar-refractivity contribution in [2.24, 2.45) is 0 Å². The van der Waals surface area contributed by atoms with Gasteiger partial charge in [-0.2, -0.15) is 9.29 Å². The Hall–Kier alpha value is -2.59. The normalized spacial score (nSPS) is 14.8. The highest BCUT2D eigenvalue weighted by Gasteiger charge is 2.31. The van der Waals surface area contributed by atoms with E-state index in [4.69, 9.17) is 27.9 Å². The summed E-state index contributed by atoms with van der Waals surface area (Å²) in [6, 6.07) is 12.4. The zero-order chi connectivity index (χ0) is 24.5. The third-order valence-electron chi connectivity index (χ3n) is 5.56. The Morgan fingerprint density at radius 2 is 1.62 bits per heavy atom. The van der Waals surface area contributed by atoms with Crippen molar-refractivity contribution < 1.29 is 13.2 Å². The molecule has 1 aliphatic heterocycles. The summed E-state index contributed by atoms with van der Waals surface area (Å²) in [7, 11) is -2.12. The summed E-state index contributed by atoms with van der Waals surface area (Å²) in [5.74, 6) is 1.98. The number of methoxy groups -OCH3 is 1. The zero-order valence-electron chi connectivity index (χ0n) is 19.0. The topological polar surface area (TPSA) is 87.7 Å². The molecule has 3 aromatic rings. The van der Waals surface area contributed by atoms with Crippen LogP contribution in [0.4, 0.5) is 17.5 Å². The minimum absolute atomic E-state index is 0.0716. The third-order valence-corrected chi connectivity index (χ3v) is 8.33. The van der Waals surface area contributed by atoms with Crippen LogP contribution in [0.15, 0.2) is 47.4 Å². The van der Waals surface area contributed by atoms with Gasteiger partial charge in [-0.25, -0.2) is 13.4 Å². The van der Waals surface area contributed by atoms with Crippen molar-refractivity contribution in [3.8, 4) is 5.75 Å². The van der Waals surface area contributed by atoms with Crippen LogP contribution in [0.3, 0.4) is 0 Å². The molecule has 4 rings (SSSR count). The number of piperazine rings is 1. The third kappa shape index (κ3) is 5.22. The average molecular weight is 522 g/mol. The summed E-state index contributed by atoms with van der Waals surface area (Å²) >= 11 is 12.3. The Morgan fingerprint density at radius 1 is 0.941 bits per heavy atom. The van der Waals surface area contributed by atoms with Gasteiger partial charge in [0.1, 0.15) is 16.5 Å². The molecule has 0 saturated carbocycles. The number of nitrogens with zero attached hydrogens (tertiary/aromatic N) is 4. The Balaban J connectivity index is 1.48. The number of sulfonamides is 1.